The zero-order chi connectivity index (χ0) is 19.5. The van der Waals surface area contributed by atoms with Gasteiger partial charge in [0.05, 0.1) is 12.2 Å². The number of nitrogens with one attached hydrogen (secondary N) is 1. The van der Waals surface area contributed by atoms with E-state index in [2.05, 4.69) is 43.4 Å². The van der Waals surface area contributed by atoms with Gasteiger partial charge < -0.3 is 10.2 Å². The highest BCUT2D eigenvalue weighted by atomic mass is 32.1. The summed E-state index contributed by atoms with van der Waals surface area (Å²) in [6.07, 6.45) is 6.01. The summed E-state index contributed by atoms with van der Waals surface area (Å²) < 4.78 is 0. The molecule has 0 aliphatic carbocycles. The van der Waals surface area contributed by atoms with Crippen molar-refractivity contribution in [3.63, 3.8) is 0 Å². The van der Waals surface area contributed by atoms with Crippen LogP contribution in [0.4, 0.5) is 5.69 Å². The van der Waals surface area contributed by atoms with E-state index in [-0.39, 0.29) is 5.91 Å². The van der Waals surface area contributed by atoms with Crippen LogP contribution in [0.3, 0.4) is 0 Å². The van der Waals surface area contributed by atoms with Crippen LogP contribution >= 0.6 is 12.2 Å². The Labute approximate surface area is 167 Å². The van der Waals surface area contributed by atoms with E-state index in [1.165, 1.54) is 18.4 Å². The van der Waals surface area contributed by atoms with Crippen molar-refractivity contribution < 1.29 is 9.63 Å². The van der Waals surface area contributed by atoms with Crippen LogP contribution in [-0.4, -0.2) is 18.0 Å². The lowest BCUT2D eigenvalue weighted by molar-refractivity contribution is -0.121. The topological polar surface area (TPSA) is 41.6 Å². The fraction of sp³-hybridized carbons (Fsp3) is 0.455. The zero-order valence-electron chi connectivity index (χ0n) is 16.4. The lowest BCUT2D eigenvalue weighted by Crippen LogP contribution is -2.23. The predicted molar refractivity (Wildman–Crippen MR) is 117 cm³/mol. The lowest BCUT2D eigenvalue weighted by Gasteiger charge is -2.22. The number of amides is 1. The van der Waals surface area contributed by atoms with Gasteiger partial charge >= 0.3 is 0 Å². The summed E-state index contributed by atoms with van der Waals surface area (Å²) in [6, 6.07) is 12.4. The monoisotopic (exact) mass is 386 g/mol. The zero-order valence-corrected chi connectivity index (χ0v) is 17.2. The second-order valence-corrected chi connectivity index (χ2v) is 6.91. The SMILES string of the molecule is CCCCCCC(=O)NCc1cccc2ccc(N(CCC)OC=S)cc12. The van der Waals surface area contributed by atoms with Gasteiger partial charge in [-0.1, -0.05) is 57.4 Å². The Morgan fingerprint density at radius 1 is 1.15 bits per heavy atom. The summed E-state index contributed by atoms with van der Waals surface area (Å²) in [7, 11) is 0. The van der Waals surface area contributed by atoms with Crippen molar-refractivity contribution >= 4 is 40.1 Å². The van der Waals surface area contributed by atoms with Gasteiger partial charge in [-0.3, -0.25) is 4.79 Å². The highest BCUT2D eigenvalue weighted by Gasteiger charge is 2.09. The van der Waals surface area contributed by atoms with Gasteiger partial charge in [0.25, 0.3) is 0 Å². The van der Waals surface area contributed by atoms with Crippen molar-refractivity contribution in [3.8, 4) is 0 Å². The molecule has 4 nitrogen and oxygen atoms in total. The molecule has 0 saturated carbocycles. The Hall–Kier alpha value is -2.14. The Morgan fingerprint density at radius 2 is 2.00 bits per heavy atom. The molecule has 1 N–H and O–H groups in total. The van der Waals surface area contributed by atoms with Crippen LogP contribution in [0.15, 0.2) is 36.4 Å². The van der Waals surface area contributed by atoms with E-state index in [1.54, 1.807) is 5.06 Å². The minimum atomic E-state index is 0.121. The number of unbranched alkanes of at least 4 members (excludes halogenated alkanes) is 3. The van der Waals surface area contributed by atoms with Gasteiger partial charge in [-0.2, -0.15) is 0 Å². The fourth-order valence-electron chi connectivity index (χ4n) is 3.13. The minimum absolute atomic E-state index is 0.121. The molecule has 2 rings (SSSR count). The molecule has 0 heterocycles. The van der Waals surface area contributed by atoms with Crippen molar-refractivity contribution in [1.29, 1.82) is 0 Å². The smallest absolute Gasteiger partial charge is 0.220 e. The Kier molecular flexibility index (Phi) is 9.05. The summed E-state index contributed by atoms with van der Waals surface area (Å²) in [6.45, 7) is 5.57. The molecular formula is C22H30N2O2S. The molecule has 0 spiro atoms. The summed E-state index contributed by atoms with van der Waals surface area (Å²) in [5, 5.41) is 7.13. The van der Waals surface area contributed by atoms with Crippen molar-refractivity contribution in [1.82, 2.24) is 5.32 Å². The third kappa shape index (κ3) is 6.51. The normalized spacial score (nSPS) is 10.6. The van der Waals surface area contributed by atoms with Crippen LogP contribution in [0.5, 0.6) is 0 Å². The van der Waals surface area contributed by atoms with Gasteiger partial charge in [0, 0.05) is 13.0 Å². The molecule has 27 heavy (non-hydrogen) atoms. The molecule has 0 bridgehead atoms. The van der Waals surface area contributed by atoms with Gasteiger partial charge in [-0.25, -0.2) is 5.06 Å². The summed E-state index contributed by atoms with van der Waals surface area (Å²) in [5.74, 6) is 0.121. The molecule has 2 aromatic rings. The number of carbonyl (C=O) groups is 1. The standard InChI is InChI=1S/C22H30N2O2S/c1-3-5-6-7-11-22(25)23-16-19-10-8-9-18-12-13-20(15-21(18)19)24(14-4-2)26-17-27/h8-10,12-13,15,17H,3-7,11,14,16H2,1-2H3,(H,23,25). The largest absolute Gasteiger partial charge is 0.376 e. The molecule has 0 saturated heterocycles. The van der Waals surface area contributed by atoms with Crippen molar-refractivity contribution in [3.05, 3.63) is 42.0 Å². The number of fused-ring (bicyclic) bond motifs is 1. The molecule has 2 aromatic carbocycles. The second kappa shape index (κ2) is 11.5. The Morgan fingerprint density at radius 3 is 2.74 bits per heavy atom. The van der Waals surface area contributed by atoms with Crippen LogP contribution in [0.2, 0.25) is 0 Å². The fourth-order valence-corrected chi connectivity index (χ4v) is 3.23. The molecular weight excluding hydrogens is 356 g/mol. The number of rotatable bonds is 12. The first kappa shape index (κ1) is 21.2. The molecule has 0 aromatic heterocycles. The predicted octanol–water partition coefficient (Wildman–Crippen LogP) is 5.53. The number of hydrogen-bond donors (Lipinski definition) is 1. The molecule has 1 amide bonds. The van der Waals surface area contributed by atoms with E-state index in [1.807, 2.05) is 12.1 Å². The van der Waals surface area contributed by atoms with E-state index in [0.29, 0.717) is 13.0 Å². The van der Waals surface area contributed by atoms with Gasteiger partial charge in [-0.15, -0.1) is 0 Å². The van der Waals surface area contributed by atoms with E-state index < -0.39 is 0 Å². The van der Waals surface area contributed by atoms with Gasteiger partial charge in [-0.05, 0) is 53.5 Å². The Bertz CT molecular complexity index is 748. The molecule has 0 atom stereocenters. The van der Waals surface area contributed by atoms with Gasteiger partial charge in [0.2, 0.25) is 5.91 Å². The van der Waals surface area contributed by atoms with Crippen LogP contribution in [0, 0.1) is 0 Å². The number of anilines is 1. The minimum Gasteiger partial charge on any atom is -0.376 e. The first-order chi connectivity index (χ1) is 13.2. The van der Waals surface area contributed by atoms with Crippen LogP contribution in [0.25, 0.3) is 10.8 Å². The maximum Gasteiger partial charge on any atom is 0.220 e. The summed E-state index contributed by atoms with van der Waals surface area (Å²) >= 11 is 4.85. The van der Waals surface area contributed by atoms with Crippen LogP contribution in [-0.2, 0) is 16.2 Å². The average molecular weight is 387 g/mol. The molecule has 146 valence electrons. The van der Waals surface area contributed by atoms with Gasteiger partial charge in [0.15, 0.2) is 5.55 Å². The van der Waals surface area contributed by atoms with E-state index >= 15 is 0 Å². The maximum absolute atomic E-state index is 12.1. The van der Waals surface area contributed by atoms with Gasteiger partial charge in [0.1, 0.15) is 0 Å². The first-order valence-corrected chi connectivity index (χ1v) is 10.3. The number of nitrogens with zero attached hydrogens (tertiary/aromatic N) is 1. The van der Waals surface area contributed by atoms with Crippen molar-refractivity contribution in [2.45, 2.75) is 58.9 Å². The van der Waals surface area contributed by atoms with E-state index in [0.717, 1.165) is 47.8 Å². The molecule has 0 radical (unpaired) electrons. The van der Waals surface area contributed by atoms with Crippen molar-refractivity contribution in [2.24, 2.45) is 0 Å². The average Bonchev–Trinajstić information content (AvgIpc) is 2.69. The lowest BCUT2D eigenvalue weighted by atomic mass is 10.0. The molecule has 0 aliphatic rings. The van der Waals surface area contributed by atoms with Crippen molar-refractivity contribution in [2.75, 3.05) is 11.6 Å². The summed E-state index contributed by atoms with van der Waals surface area (Å²) in [5.41, 5.74) is 3.35. The number of hydroxylamine groups is 1. The van der Waals surface area contributed by atoms with Crippen LogP contribution < -0.4 is 10.4 Å². The number of thiocarbonyl (C=S) groups is 1. The third-order valence-electron chi connectivity index (χ3n) is 4.57. The molecule has 5 heteroatoms. The molecule has 0 unspecified atom stereocenters. The Balaban J connectivity index is 2.10. The van der Waals surface area contributed by atoms with E-state index in [9.17, 15) is 4.79 Å². The highest BCUT2D eigenvalue weighted by molar-refractivity contribution is 7.78. The number of benzene rings is 2. The third-order valence-corrected chi connectivity index (χ3v) is 4.66. The maximum atomic E-state index is 12.1. The molecule has 0 fully saturated rings. The summed E-state index contributed by atoms with van der Waals surface area (Å²) in [4.78, 5) is 17.6. The highest BCUT2D eigenvalue weighted by Crippen LogP contribution is 2.25. The molecule has 0 aliphatic heterocycles. The number of carbonyl (C=O) groups excluding carboxylic acids is 1. The number of hydrogen-bond acceptors (Lipinski definition) is 4. The quantitative estimate of drug-likeness (QED) is 0.296. The van der Waals surface area contributed by atoms with Crippen LogP contribution in [0.1, 0.15) is 57.9 Å². The van der Waals surface area contributed by atoms with E-state index in [4.69, 9.17) is 17.1 Å². The second-order valence-electron chi connectivity index (χ2n) is 6.71. The first-order valence-electron chi connectivity index (χ1n) is 9.85.